The van der Waals surface area contributed by atoms with Crippen molar-refractivity contribution < 1.29 is 4.79 Å². The summed E-state index contributed by atoms with van der Waals surface area (Å²) in [6.07, 6.45) is 11.7. The zero-order valence-corrected chi connectivity index (χ0v) is 21.4. The molecule has 0 atom stereocenters. The fourth-order valence-corrected chi connectivity index (χ4v) is 3.24. The SMILES string of the molecule is C.CC(=O)Nc1nn(C)cc1Cc1ncc(Br)cn1.Cn1cc(Cc2ncc(Br)cn2)c(N)n1. The molecule has 4 rings (SSSR count). The third kappa shape index (κ3) is 7.99. The molecule has 11 nitrogen and oxygen atoms in total. The van der Waals surface area contributed by atoms with Gasteiger partial charge in [-0.2, -0.15) is 10.2 Å². The highest BCUT2D eigenvalue weighted by Crippen LogP contribution is 2.16. The summed E-state index contributed by atoms with van der Waals surface area (Å²) >= 11 is 6.57. The van der Waals surface area contributed by atoms with Gasteiger partial charge in [0.1, 0.15) is 17.5 Å². The maximum Gasteiger partial charge on any atom is 0.222 e. The van der Waals surface area contributed by atoms with Gasteiger partial charge in [0, 0.05) is 82.2 Å². The number of nitrogens with one attached hydrogen (secondary N) is 1. The van der Waals surface area contributed by atoms with Gasteiger partial charge in [-0.1, -0.05) is 7.43 Å². The second kappa shape index (κ2) is 12.3. The van der Waals surface area contributed by atoms with Gasteiger partial charge in [0.15, 0.2) is 5.82 Å². The summed E-state index contributed by atoms with van der Waals surface area (Å²) in [6.45, 7) is 1.45. The Balaban J connectivity index is 0.000000237. The van der Waals surface area contributed by atoms with E-state index in [1.165, 1.54) is 6.92 Å². The van der Waals surface area contributed by atoms with Gasteiger partial charge >= 0.3 is 0 Å². The van der Waals surface area contributed by atoms with E-state index in [-0.39, 0.29) is 13.3 Å². The van der Waals surface area contributed by atoms with Crippen LogP contribution < -0.4 is 11.1 Å². The quantitative estimate of drug-likeness (QED) is 0.359. The first-order chi connectivity index (χ1) is 15.7. The van der Waals surface area contributed by atoms with E-state index in [0.717, 1.165) is 25.9 Å². The van der Waals surface area contributed by atoms with Gasteiger partial charge in [0.05, 0.1) is 8.95 Å². The Labute approximate surface area is 214 Å². The van der Waals surface area contributed by atoms with E-state index in [2.05, 4.69) is 67.3 Å². The van der Waals surface area contributed by atoms with Crippen LogP contribution in [0.4, 0.5) is 11.6 Å². The van der Waals surface area contributed by atoms with Crippen LogP contribution in [-0.2, 0) is 31.7 Å². The molecule has 0 saturated carbocycles. The molecule has 180 valence electrons. The molecule has 4 heterocycles. The predicted molar refractivity (Wildman–Crippen MR) is 137 cm³/mol. The number of carbonyl (C=O) groups is 1. The first-order valence-corrected chi connectivity index (χ1v) is 11.3. The Morgan fingerprint density at radius 2 is 1.32 bits per heavy atom. The summed E-state index contributed by atoms with van der Waals surface area (Å²) in [5.74, 6) is 2.35. The molecule has 1 amide bonds. The summed E-state index contributed by atoms with van der Waals surface area (Å²) in [5.41, 5.74) is 7.55. The number of hydrogen-bond acceptors (Lipinski definition) is 8. The van der Waals surface area contributed by atoms with Crippen molar-refractivity contribution in [2.24, 2.45) is 14.1 Å². The highest BCUT2D eigenvalue weighted by molar-refractivity contribution is 9.10. The Morgan fingerprint density at radius 1 is 0.882 bits per heavy atom. The Morgan fingerprint density at radius 3 is 1.76 bits per heavy atom. The van der Waals surface area contributed by atoms with Crippen LogP contribution in [0.2, 0.25) is 0 Å². The van der Waals surface area contributed by atoms with Crippen LogP contribution in [0.5, 0.6) is 0 Å². The van der Waals surface area contributed by atoms with E-state index in [1.54, 1.807) is 41.2 Å². The van der Waals surface area contributed by atoms with Crippen LogP contribution in [0.1, 0.15) is 37.1 Å². The van der Waals surface area contributed by atoms with Crippen molar-refractivity contribution in [1.29, 1.82) is 0 Å². The number of nitrogens with two attached hydrogens (primary N) is 1. The molecule has 3 N–H and O–H groups in total. The molecule has 0 aliphatic carbocycles. The summed E-state index contributed by atoms with van der Waals surface area (Å²) in [5, 5.41) is 10.9. The molecular weight excluding hydrogens is 568 g/mol. The van der Waals surface area contributed by atoms with Crippen molar-refractivity contribution in [3.8, 4) is 0 Å². The van der Waals surface area contributed by atoms with E-state index in [9.17, 15) is 4.79 Å². The molecule has 0 unspecified atom stereocenters. The minimum absolute atomic E-state index is 0. The van der Waals surface area contributed by atoms with E-state index >= 15 is 0 Å². The molecule has 0 aromatic carbocycles. The summed E-state index contributed by atoms with van der Waals surface area (Å²) < 4.78 is 5.04. The summed E-state index contributed by atoms with van der Waals surface area (Å²) in [6, 6.07) is 0. The molecule has 0 radical (unpaired) electrons. The lowest BCUT2D eigenvalue weighted by Gasteiger charge is -2.01. The minimum atomic E-state index is -0.147. The molecule has 13 heteroatoms. The van der Waals surface area contributed by atoms with Crippen LogP contribution in [0.15, 0.2) is 46.1 Å². The molecule has 34 heavy (non-hydrogen) atoms. The van der Waals surface area contributed by atoms with Crippen molar-refractivity contribution in [1.82, 2.24) is 39.5 Å². The lowest BCUT2D eigenvalue weighted by atomic mass is 10.2. The number of amides is 1. The average Bonchev–Trinajstić information content (AvgIpc) is 3.25. The number of carbonyl (C=O) groups excluding carboxylic acids is 1. The van der Waals surface area contributed by atoms with Crippen LogP contribution in [-0.4, -0.2) is 45.4 Å². The third-order valence-electron chi connectivity index (χ3n) is 4.18. The molecule has 4 aromatic heterocycles. The van der Waals surface area contributed by atoms with Crippen molar-refractivity contribution in [3.05, 3.63) is 68.9 Å². The maximum absolute atomic E-state index is 11.1. The number of halogens is 2. The van der Waals surface area contributed by atoms with Crippen LogP contribution in [0.3, 0.4) is 0 Å². The molecule has 0 bridgehead atoms. The summed E-state index contributed by atoms with van der Waals surface area (Å²) in [7, 11) is 3.64. The molecule has 0 aliphatic rings. The molecule has 0 saturated heterocycles. The number of anilines is 2. The lowest BCUT2D eigenvalue weighted by Crippen LogP contribution is -2.09. The van der Waals surface area contributed by atoms with Gasteiger partial charge in [-0.15, -0.1) is 0 Å². The first kappa shape index (κ1) is 27.1. The van der Waals surface area contributed by atoms with Gasteiger partial charge in [0.25, 0.3) is 0 Å². The fourth-order valence-electron chi connectivity index (χ4n) is 2.83. The van der Waals surface area contributed by atoms with Gasteiger partial charge < -0.3 is 11.1 Å². The molecule has 4 aromatic rings. The molecule has 0 fully saturated rings. The number of aromatic nitrogens is 8. The first-order valence-electron chi connectivity index (χ1n) is 9.70. The standard InChI is InChI=1S/C11H12BrN5O.C9H10BrN5.CH4/c1-7(18)15-11-8(6-17(2)16-11)3-10-13-4-9(12)5-14-10;1-15-5-6(9(11)14-15)2-8-12-3-7(10)4-13-8;/h4-6H,3H2,1-2H3,(H,15,16,18);3-5H,2H2,1H3,(H2,11,14);1H4. The molecule has 0 aliphatic heterocycles. The number of hydrogen-bond donors (Lipinski definition) is 2. The van der Waals surface area contributed by atoms with Crippen LogP contribution in [0, 0.1) is 0 Å². The van der Waals surface area contributed by atoms with Crippen molar-refractivity contribution in [2.45, 2.75) is 27.2 Å². The fraction of sp³-hybridized carbons (Fsp3) is 0.286. The van der Waals surface area contributed by atoms with Crippen LogP contribution in [0.25, 0.3) is 0 Å². The minimum Gasteiger partial charge on any atom is -0.382 e. The smallest absolute Gasteiger partial charge is 0.222 e. The van der Waals surface area contributed by atoms with Gasteiger partial charge in [-0.25, -0.2) is 19.9 Å². The second-order valence-electron chi connectivity index (χ2n) is 7.06. The van der Waals surface area contributed by atoms with E-state index in [4.69, 9.17) is 5.73 Å². The summed E-state index contributed by atoms with van der Waals surface area (Å²) in [4.78, 5) is 27.8. The molecule has 0 spiro atoms. The number of rotatable bonds is 5. The van der Waals surface area contributed by atoms with E-state index in [1.807, 2.05) is 19.4 Å². The normalized spacial score (nSPS) is 10.1. The number of aryl methyl sites for hydroxylation is 2. The van der Waals surface area contributed by atoms with Gasteiger partial charge in [-0.3, -0.25) is 14.2 Å². The maximum atomic E-state index is 11.1. The average molecular weight is 594 g/mol. The van der Waals surface area contributed by atoms with Crippen molar-refractivity contribution >= 4 is 49.4 Å². The Kier molecular flexibility index (Phi) is 9.81. The lowest BCUT2D eigenvalue weighted by molar-refractivity contribution is -0.114. The van der Waals surface area contributed by atoms with Crippen LogP contribution >= 0.6 is 31.9 Å². The van der Waals surface area contributed by atoms with Gasteiger partial charge in [0.2, 0.25) is 5.91 Å². The largest absolute Gasteiger partial charge is 0.382 e. The predicted octanol–water partition coefficient (Wildman–Crippen LogP) is 3.30. The van der Waals surface area contributed by atoms with Gasteiger partial charge in [-0.05, 0) is 31.9 Å². The third-order valence-corrected chi connectivity index (χ3v) is 5.00. The Bertz CT molecular complexity index is 1220. The zero-order chi connectivity index (χ0) is 24.0. The van der Waals surface area contributed by atoms with Crippen molar-refractivity contribution in [2.75, 3.05) is 11.1 Å². The van der Waals surface area contributed by atoms with E-state index in [0.29, 0.717) is 30.3 Å². The topological polar surface area (TPSA) is 142 Å². The Hall–Kier alpha value is -3.19. The zero-order valence-electron chi connectivity index (χ0n) is 18.2. The van der Waals surface area contributed by atoms with Crippen molar-refractivity contribution in [3.63, 3.8) is 0 Å². The molecular formula is C21H26Br2N10O. The number of nitrogen functional groups attached to an aromatic ring is 1. The highest BCUT2D eigenvalue weighted by atomic mass is 79.9. The number of nitrogens with zero attached hydrogens (tertiary/aromatic N) is 8. The highest BCUT2D eigenvalue weighted by Gasteiger charge is 2.11. The monoisotopic (exact) mass is 592 g/mol. The second-order valence-corrected chi connectivity index (χ2v) is 8.89. The van der Waals surface area contributed by atoms with E-state index < -0.39 is 0 Å².